The number of carbonyl (C=O) groups excluding carboxylic acids is 1. The van der Waals surface area contributed by atoms with E-state index in [-0.39, 0.29) is 0 Å². The largest absolute Gasteiger partial charge is 0.342 e. The fourth-order valence-electron chi connectivity index (χ4n) is 1.37. The summed E-state index contributed by atoms with van der Waals surface area (Å²) in [6.45, 7) is 4.72. The summed E-state index contributed by atoms with van der Waals surface area (Å²) in [5.74, 6) is 0. The zero-order valence-corrected chi connectivity index (χ0v) is 9.19. The van der Waals surface area contributed by atoms with E-state index in [1.807, 2.05) is 0 Å². The van der Waals surface area contributed by atoms with Crippen LogP contribution < -0.4 is 5.32 Å². The molecule has 0 unspecified atom stereocenters. The van der Waals surface area contributed by atoms with Gasteiger partial charge in [0.05, 0.1) is 0 Å². The second-order valence-corrected chi connectivity index (χ2v) is 3.72. The standard InChI is InChI=1S/C11H14ClNO/c1-8-3-4-9(2)10(7-8)5-6-13-11(12)14/h3-4,7H,5-6H2,1-2H3,(H,13,14). The fraction of sp³-hybridized carbons (Fsp3) is 0.364. The minimum Gasteiger partial charge on any atom is -0.342 e. The molecule has 0 fully saturated rings. The van der Waals surface area contributed by atoms with Gasteiger partial charge in [-0.3, -0.25) is 4.79 Å². The Labute approximate surface area is 89.3 Å². The summed E-state index contributed by atoms with van der Waals surface area (Å²) in [5, 5.41) is 2.08. The first-order chi connectivity index (χ1) is 6.59. The van der Waals surface area contributed by atoms with Crippen molar-refractivity contribution in [2.24, 2.45) is 0 Å². The van der Waals surface area contributed by atoms with Gasteiger partial charge in [-0.05, 0) is 43.0 Å². The molecule has 1 rings (SSSR count). The highest BCUT2D eigenvalue weighted by Gasteiger charge is 1.99. The van der Waals surface area contributed by atoms with Gasteiger partial charge in [0.15, 0.2) is 0 Å². The fourth-order valence-corrected chi connectivity index (χ4v) is 1.46. The van der Waals surface area contributed by atoms with E-state index in [1.165, 1.54) is 16.7 Å². The average Bonchev–Trinajstić information content (AvgIpc) is 2.10. The van der Waals surface area contributed by atoms with E-state index < -0.39 is 5.37 Å². The lowest BCUT2D eigenvalue weighted by atomic mass is 10.0. The van der Waals surface area contributed by atoms with Crippen LogP contribution in [0.5, 0.6) is 0 Å². The van der Waals surface area contributed by atoms with Crippen LogP contribution in [0.25, 0.3) is 0 Å². The first kappa shape index (κ1) is 11.1. The van der Waals surface area contributed by atoms with Crippen molar-refractivity contribution in [1.29, 1.82) is 0 Å². The molecule has 14 heavy (non-hydrogen) atoms. The van der Waals surface area contributed by atoms with E-state index in [9.17, 15) is 4.79 Å². The minimum absolute atomic E-state index is 0.490. The number of nitrogens with one attached hydrogen (secondary N) is 1. The molecule has 76 valence electrons. The summed E-state index contributed by atoms with van der Waals surface area (Å²) in [6, 6.07) is 6.31. The Morgan fingerprint density at radius 3 is 2.79 bits per heavy atom. The lowest BCUT2D eigenvalue weighted by molar-refractivity contribution is 0.260. The molecule has 2 nitrogen and oxygen atoms in total. The molecule has 0 heterocycles. The number of aryl methyl sites for hydroxylation is 2. The van der Waals surface area contributed by atoms with Crippen molar-refractivity contribution in [1.82, 2.24) is 5.32 Å². The molecule has 0 aliphatic rings. The van der Waals surface area contributed by atoms with E-state index >= 15 is 0 Å². The van der Waals surface area contributed by atoms with Gasteiger partial charge in [-0.2, -0.15) is 0 Å². The van der Waals surface area contributed by atoms with Crippen molar-refractivity contribution in [2.75, 3.05) is 6.54 Å². The van der Waals surface area contributed by atoms with Crippen LogP contribution in [0.1, 0.15) is 16.7 Å². The van der Waals surface area contributed by atoms with Crippen LogP contribution in [0.3, 0.4) is 0 Å². The smallest absolute Gasteiger partial charge is 0.313 e. The molecule has 0 aliphatic heterocycles. The second kappa shape index (κ2) is 5.01. The number of benzene rings is 1. The molecule has 0 aliphatic carbocycles. The van der Waals surface area contributed by atoms with Crippen molar-refractivity contribution >= 4 is 17.0 Å². The van der Waals surface area contributed by atoms with Crippen LogP contribution in [0.4, 0.5) is 4.79 Å². The predicted octanol–water partition coefficient (Wildman–Crippen LogP) is 2.79. The molecule has 0 saturated heterocycles. The summed E-state index contributed by atoms with van der Waals surface area (Å²) < 4.78 is 0. The van der Waals surface area contributed by atoms with Crippen molar-refractivity contribution in [3.05, 3.63) is 34.9 Å². The van der Waals surface area contributed by atoms with Crippen LogP contribution in [0.2, 0.25) is 0 Å². The zero-order valence-electron chi connectivity index (χ0n) is 8.43. The molecule has 0 saturated carbocycles. The van der Waals surface area contributed by atoms with E-state index in [0.717, 1.165) is 6.42 Å². The third-order valence-electron chi connectivity index (χ3n) is 2.16. The number of rotatable bonds is 3. The van der Waals surface area contributed by atoms with E-state index in [2.05, 4.69) is 37.4 Å². The molecule has 0 radical (unpaired) electrons. The Balaban J connectivity index is 2.57. The SMILES string of the molecule is Cc1ccc(C)c(CCNC(=O)Cl)c1. The molecule has 1 N–H and O–H groups in total. The lowest BCUT2D eigenvalue weighted by Gasteiger charge is -2.06. The van der Waals surface area contributed by atoms with Gasteiger partial charge in [-0.15, -0.1) is 0 Å². The molecular weight excluding hydrogens is 198 g/mol. The Kier molecular flexibility index (Phi) is 3.96. The van der Waals surface area contributed by atoms with Crippen LogP contribution in [0.15, 0.2) is 18.2 Å². The topological polar surface area (TPSA) is 29.1 Å². The Morgan fingerprint density at radius 2 is 2.14 bits per heavy atom. The number of amides is 1. The van der Waals surface area contributed by atoms with Crippen molar-refractivity contribution in [3.63, 3.8) is 0 Å². The number of hydrogen-bond acceptors (Lipinski definition) is 1. The van der Waals surface area contributed by atoms with Crippen LogP contribution in [-0.2, 0) is 6.42 Å². The molecule has 3 heteroatoms. The lowest BCUT2D eigenvalue weighted by Crippen LogP contribution is -2.19. The zero-order chi connectivity index (χ0) is 10.6. The van der Waals surface area contributed by atoms with E-state index in [0.29, 0.717) is 6.54 Å². The van der Waals surface area contributed by atoms with Crippen molar-refractivity contribution in [3.8, 4) is 0 Å². The summed E-state index contributed by atoms with van der Waals surface area (Å²) in [7, 11) is 0. The molecule has 0 atom stereocenters. The number of carbonyl (C=O) groups is 1. The summed E-state index contributed by atoms with van der Waals surface area (Å²) >= 11 is 5.17. The van der Waals surface area contributed by atoms with E-state index in [4.69, 9.17) is 11.6 Å². The van der Waals surface area contributed by atoms with Gasteiger partial charge in [0.1, 0.15) is 0 Å². The van der Waals surface area contributed by atoms with Crippen LogP contribution in [0, 0.1) is 13.8 Å². The second-order valence-electron chi connectivity index (χ2n) is 3.38. The maximum atomic E-state index is 10.4. The molecule has 0 spiro atoms. The highest BCUT2D eigenvalue weighted by Crippen LogP contribution is 2.10. The van der Waals surface area contributed by atoms with Gasteiger partial charge < -0.3 is 5.32 Å². The van der Waals surface area contributed by atoms with Crippen molar-refractivity contribution < 1.29 is 4.79 Å². The number of hydrogen-bond donors (Lipinski definition) is 1. The Hall–Kier alpha value is -1.02. The quantitative estimate of drug-likeness (QED) is 0.605. The summed E-state index contributed by atoms with van der Waals surface area (Å²) in [6.07, 6.45) is 0.825. The van der Waals surface area contributed by atoms with Gasteiger partial charge in [0.2, 0.25) is 0 Å². The van der Waals surface area contributed by atoms with Crippen LogP contribution in [-0.4, -0.2) is 11.9 Å². The maximum Gasteiger partial charge on any atom is 0.313 e. The third kappa shape index (κ3) is 3.38. The Morgan fingerprint density at radius 1 is 1.43 bits per heavy atom. The minimum atomic E-state index is -0.490. The average molecular weight is 212 g/mol. The predicted molar refractivity (Wildman–Crippen MR) is 58.9 cm³/mol. The first-order valence-corrected chi connectivity index (χ1v) is 4.97. The summed E-state index contributed by atoms with van der Waals surface area (Å²) in [5.41, 5.74) is 3.75. The highest BCUT2D eigenvalue weighted by atomic mass is 35.5. The highest BCUT2D eigenvalue weighted by molar-refractivity contribution is 6.62. The van der Waals surface area contributed by atoms with Gasteiger partial charge in [-0.1, -0.05) is 23.8 Å². The van der Waals surface area contributed by atoms with E-state index in [1.54, 1.807) is 0 Å². The molecule has 1 aromatic carbocycles. The monoisotopic (exact) mass is 211 g/mol. The molecule has 0 bridgehead atoms. The molecule has 1 amide bonds. The molecular formula is C11H14ClNO. The summed E-state index contributed by atoms with van der Waals surface area (Å²) in [4.78, 5) is 10.4. The van der Waals surface area contributed by atoms with Gasteiger partial charge in [-0.25, -0.2) is 0 Å². The Bertz CT molecular complexity index is 336. The van der Waals surface area contributed by atoms with Crippen molar-refractivity contribution in [2.45, 2.75) is 20.3 Å². The number of halogens is 1. The normalized spacial score (nSPS) is 9.93. The molecule has 0 aromatic heterocycles. The third-order valence-corrected chi connectivity index (χ3v) is 2.30. The first-order valence-electron chi connectivity index (χ1n) is 4.59. The maximum absolute atomic E-state index is 10.4. The molecule has 1 aromatic rings. The van der Waals surface area contributed by atoms with Gasteiger partial charge in [0, 0.05) is 6.54 Å². The van der Waals surface area contributed by atoms with Gasteiger partial charge in [0.25, 0.3) is 0 Å². The van der Waals surface area contributed by atoms with Gasteiger partial charge >= 0.3 is 5.37 Å². The van der Waals surface area contributed by atoms with Crippen LogP contribution >= 0.6 is 11.6 Å².